The summed E-state index contributed by atoms with van der Waals surface area (Å²) in [6, 6.07) is 8.26. The van der Waals surface area contributed by atoms with E-state index in [0.717, 1.165) is 31.6 Å². The summed E-state index contributed by atoms with van der Waals surface area (Å²) in [6.45, 7) is 6.92. The highest BCUT2D eigenvalue weighted by molar-refractivity contribution is 5.27. The minimum Gasteiger partial charge on any atom is -0.494 e. The van der Waals surface area contributed by atoms with Crippen LogP contribution in [0.25, 0.3) is 0 Å². The molecule has 1 aromatic rings. The average molecular weight is 322 g/mol. The van der Waals surface area contributed by atoms with E-state index >= 15 is 0 Å². The van der Waals surface area contributed by atoms with Crippen molar-refractivity contribution in [3.05, 3.63) is 29.8 Å². The third kappa shape index (κ3) is 7.85. The van der Waals surface area contributed by atoms with Crippen LogP contribution in [0.2, 0.25) is 0 Å². The maximum Gasteiger partial charge on any atom is 0.119 e. The lowest BCUT2D eigenvalue weighted by Crippen LogP contribution is -2.48. The van der Waals surface area contributed by atoms with Gasteiger partial charge in [-0.15, -0.1) is 0 Å². The average Bonchev–Trinajstić information content (AvgIpc) is 2.56. The van der Waals surface area contributed by atoms with Crippen molar-refractivity contribution < 1.29 is 9.84 Å². The van der Waals surface area contributed by atoms with Crippen LogP contribution in [0.1, 0.15) is 71.3 Å². The minimum atomic E-state index is -0.525. The lowest BCUT2D eigenvalue weighted by Gasteiger charge is -2.29. The summed E-state index contributed by atoms with van der Waals surface area (Å²) in [5, 5.41) is 9.94. The summed E-state index contributed by atoms with van der Waals surface area (Å²) in [5.74, 6) is 0.938. The summed E-state index contributed by atoms with van der Waals surface area (Å²) in [5.41, 5.74) is 6.90. The van der Waals surface area contributed by atoms with Crippen LogP contribution in [0.3, 0.4) is 0 Å². The number of unbranched alkanes of at least 4 members (excludes halogenated alkanes) is 4. The van der Waals surface area contributed by atoms with Crippen molar-refractivity contribution in [3.63, 3.8) is 0 Å². The van der Waals surface area contributed by atoms with Gasteiger partial charge in [-0.05, 0) is 50.3 Å². The summed E-state index contributed by atoms with van der Waals surface area (Å²) >= 11 is 0. The second-order valence-electron chi connectivity index (χ2n) is 6.84. The van der Waals surface area contributed by atoms with Crippen molar-refractivity contribution in [3.8, 4) is 5.75 Å². The Kier molecular flexibility index (Phi) is 9.27. The summed E-state index contributed by atoms with van der Waals surface area (Å²) in [7, 11) is 0. The zero-order chi connectivity index (χ0) is 17.1. The molecule has 1 rings (SSSR count). The molecule has 0 bridgehead atoms. The van der Waals surface area contributed by atoms with Crippen molar-refractivity contribution in [2.75, 3.05) is 6.61 Å². The highest BCUT2D eigenvalue weighted by Crippen LogP contribution is 2.19. The molecule has 3 nitrogen and oxygen atoms in total. The van der Waals surface area contributed by atoms with Gasteiger partial charge in [-0.3, -0.25) is 0 Å². The van der Waals surface area contributed by atoms with Gasteiger partial charge in [0.05, 0.1) is 12.7 Å². The number of hydrogen-bond acceptors (Lipinski definition) is 3. The van der Waals surface area contributed by atoms with Gasteiger partial charge in [0.25, 0.3) is 0 Å². The summed E-state index contributed by atoms with van der Waals surface area (Å²) in [6.07, 6.45) is 8.18. The second-order valence-corrected chi connectivity index (χ2v) is 6.84. The quantitative estimate of drug-likeness (QED) is 0.559. The van der Waals surface area contributed by atoms with Gasteiger partial charge < -0.3 is 15.6 Å². The first-order chi connectivity index (χ1) is 11.0. The maximum absolute atomic E-state index is 9.94. The number of ether oxygens (including phenoxy) is 1. The Balaban J connectivity index is 2.30. The van der Waals surface area contributed by atoms with Crippen molar-refractivity contribution >= 4 is 0 Å². The number of nitrogens with two attached hydrogens (primary N) is 1. The monoisotopic (exact) mass is 321 g/mol. The van der Waals surface area contributed by atoms with Crippen molar-refractivity contribution in [2.24, 2.45) is 5.73 Å². The smallest absolute Gasteiger partial charge is 0.119 e. The molecule has 1 aromatic carbocycles. The molecule has 0 fully saturated rings. The maximum atomic E-state index is 9.94. The molecule has 0 radical (unpaired) electrons. The topological polar surface area (TPSA) is 55.5 Å². The molecule has 0 saturated carbocycles. The van der Waals surface area contributed by atoms with Crippen LogP contribution in [-0.2, 0) is 6.42 Å². The van der Waals surface area contributed by atoms with E-state index in [-0.39, 0.29) is 0 Å². The summed E-state index contributed by atoms with van der Waals surface area (Å²) < 4.78 is 5.78. The van der Waals surface area contributed by atoms with E-state index in [2.05, 4.69) is 19.1 Å². The van der Waals surface area contributed by atoms with Crippen LogP contribution in [0.4, 0.5) is 0 Å². The van der Waals surface area contributed by atoms with E-state index < -0.39 is 11.6 Å². The molecular weight excluding hydrogens is 286 g/mol. The molecule has 0 saturated heterocycles. The van der Waals surface area contributed by atoms with Crippen LogP contribution in [-0.4, -0.2) is 23.4 Å². The fraction of sp³-hybridized carbons (Fsp3) is 0.700. The highest BCUT2D eigenvalue weighted by Gasteiger charge is 2.26. The molecule has 0 aliphatic rings. The highest BCUT2D eigenvalue weighted by atomic mass is 16.5. The van der Waals surface area contributed by atoms with Crippen LogP contribution in [0.15, 0.2) is 24.3 Å². The molecule has 0 aliphatic carbocycles. The van der Waals surface area contributed by atoms with E-state index in [1.807, 2.05) is 26.0 Å². The van der Waals surface area contributed by atoms with E-state index in [1.54, 1.807) is 0 Å². The van der Waals surface area contributed by atoms with Gasteiger partial charge in [-0.1, -0.05) is 51.7 Å². The van der Waals surface area contributed by atoms with Gasteiger partial charge in [-0.2, -0.15) is 0 Å². The van der Waals surface area contributed by atoms with E-state index in [0.29, 0.717) is 6.42 Å². The molecule has 0 amide bonds. The number of aryl methyl sites for hydroxylation is 1. The molecule has 0 aliphatic heterocycles. The van der Waals surface area contributed by atoms with Crippen molar-refractivity contribution in [1.29, 1.82) is 0 Å². The number of rotatable bonds is 12. The molecule has 0 heterocycles. The fourth-order valence-electron chi connectivity index (χ4n) is 2.69. The largest absolute Gasteiger partial charge is 0.494 e. The van der Waals surface area contributed by atoms with Crippen LogP contribution in [0, 0.1) is 0 Å². The molecule has 3 heteroatoms. The van der Waals surface area contributed by atoms with E-state index in [1.165, 1.54) is 31.2 Å². The Morgan fingerprint density at radius 1 is 1.09 bits per heavy atom. The Hall–Kier alpha value is -1.06. The zero-order valence-electron chi connectivity index (χ0n) is 15.2. The minimum absolute atomic E-state index is 0.446. The first-order valence-electron chi connectivity index (χ1n) is 9.18. The summed E-state index contributed by atoms with van der Waals surface area (Å²) in [4.78, 5) is 0. The number of hydrogen-bond donors (Lipinski definition) is 2. The Morgan fingerprint density at radius 3 is 2.35 bits per heavy atom. The lowest BCUT2D eigenvalue weighted by molar-refractivity contribution is 0.0852. The van der Waals surface area contributed by atoms with Gasteiger partial charge >= 0.3 is 0 Å². The molecule has 23 heavy (non-hydrogen) atoms. The first-order valence-corrected chi connectivity index (χ1v) is 9.18. The zero-order valence-corrected chi connectivity index (χ0v) is 15.2. The van der Waals surface area contributed by atoms with Crippen molar-refractivity contribution in [2.45, 2.75) is 83.8 Å². The number of aliphatic hydroxyl groups is 1. The standard InChI is InChI=1S/C20H35NO2/c1-4-6-7-8-9-16-23-18-12-10-17(11-13-18)14-15-20(3,21)19(22)5-2/h10-13,19,22H,4-9,14-16,21H2,1-3H3/t19?,20-/m1/s1. The predicted octanol–water partition coefficient (Wildman–Crippen LogP) is 4.46. The van der Waals surface area contributed by atoms with Gasteiger partial charge in [0.1, 0.15) is 5.75 Å². The van der Waals surface area contributed by atoms with E-state index in [4.69, 9.17) is 10.5 Å². The molecule has 0 spiro atoms. The van der Waals surface area contributed by atoms with Crippen LogP contribution in [0.5, 0.6) is 5.75 Å². The van der Waals surface area contributed by atoms with E-state index in [9.17, 15) is 5.11 Å². The van der Waals surface area contributed by atoms with Gasteiger partial charge in [0, 0.05) is 5.54 Å². The molecule has 3 N–H and O–H groups in total. The molecule has 0 aromatic heterocycles. The predicted molar refractivity (Wildman–Crippen MR) is 97.9 cm³/mol. The van der Waals surface area contributed by atoms with Gasteiger partial charge in [0.2, 0.25) is 0 Å². The lowest BCUT2D eigenvalue weighted by atomic mass is 9.87. The fourth-order valence-corrected chi connectivity index (χ4v) is 2.69. The van der Waals surface area contributed by atoms with Gasteiger partial charge in [-0.25, -0.2) is 0 Å². The molecular formula is C20H35NO2. The third-order valence-corrected chi connectivity index (χ3v) is 4.54. The Bertz CT molecular complexity index is 414. The van der Waals surface area contributed by atoms with Crippen LogP contribution >= 0.6 is 0 Å². The SMILES string of the molecule is CCCCCCCOc1ccc(CC[C@@](C)(N)C(O)CC)cc1. The van der Waals surface area contributed by atoms with Gasteiger partial charge in [0.15, 0.2) is 0 Å². The number of benzene rings is 1. The molecule has 132 valence electrons. The second kappa shape index (κ2) is 10.7. The normalized spacial score (nSPS) is 15.2. The van der Waals surface area contributed by atoms with Crippen molar-refractivity contribution in [1.82, 2.24) is 0 Å². The third-order valence-electron chi connectivity index (χ3n) is 4.54. The first kappa shape index (κ1) is 20.0. The molecule has 2 atom stereocenters. The van der Waals surface area contributed by atoms with Crippen LogP contribution < -0.4 is 10.5 Å². The molecule has 1 unspecified atom stereocenters. The number of aliphatic hydroxyl groups excluding tert-OH is 1. The Morgan fingerprint density at radius 2 is 1.74 bits per heavy atom. The Labute approximate surface area is 142 Å².